The number of hydrogen-bond acceptors (Lipinski definition) is 4. The van der Waals surface area contributed by atoms with Crippen LogP contribution in [-0.2, 0) is 17.6 Å². The SMILES string of the molecule is CCCC1(C(=O)O)CCN(c2ncnc3c2CCCC3)C1. The van der Waals surface area contributed by atoms with Crippen LogP contribution in [0.1, 0.15) is 50.3 Å². The molecule has 0 radical (unpaired) electrons. The van der Waals surface area contributed by atoms with Crippen molar-refractivity contribution in [3.05, 3.63) is 17.6 Å². The maximum Gasteiger partial charge on any atom is 0.311 e. The van der Waals surface area contributed by atoms with E-state index in [2.05, 4.69) is 21.8 Å². The van der Waals surface area contributed by atoms with Gasteiger partial charge in [0.25, 0.3) is 0 Å². The third kappa shape index (κ3) is 2.49. The van der Waals surface area contributed by atoms with Crippen LogP contribution in [0.2, 0.25) is 0 Å². The van der Waals surface area contributed by atoms with Gasteiger partial charge in [0.1, 0.15) is 12.1 Å². The molecule has 3 rings (SSSR count). The Balaban J connectivity index is 1.88. The first-order chi connectivity index (χ1) is 10.2. The topological polar surface area (TPSA) is 66.3 Å². The summed E-state index contributed by atoms with van der Waals surface area (Å²) in [6, 6.07) is 0. The number of nitrogens with zero attached hydrogens (tertiary/aromatic N) is 3. The molecule has 0 spiro atoms. The minimum Gasteiger partial charge on any atom is -0.481 e. The van der Waals surface area contributed by atoms with Crippen LogP contribution in [0.25, 0.3) is 0 Å². The average molecular weight is 289 g/mol. The number of aromatic nitrogens is 2. The Kier molecular flexibility index (Phi) is 3.83. The average Bonchev–Trinajstić information content (AvgIpc) is 2.92. The quantitative estimate of drug-likeness (QED) is 0.922. The van der Waals surface area contributed by atoms with Crippen LogP contribution in [0, 0.1) is 5.41 Å². The van der Waals surface area contributed by atoms with Crippen molar-refractivity contribution < 1.29 is 9.90 Å². The van der Waals surface area contributed by atoms with Gasteiger partial charge in [-0.15, -0.1) is 0 Å². The Bertz CT molecular complexity index is 546. The highest BCUT2D eigenvalue weighted by molar-refractivity contribution is 5.76. The Hall–Kier alpha value is -1.65. The van der Waals surface area contributed by atoms with Gasteiger partial charge in [0.15, 0.2) is 0 Å². The first-order valence-electron chi connectivity index (χ1n) is 7.97. The van der Waals surface area contributed by atoms with Gasteiger partial charge in [-0.05, 0) is 38.5 Å². The number of hydrogen-bond donors (Lipinski definition) is 1. The number of aryl methyl sites for hydroxylation is 1. The van der Waals surface area contributed by atoms with Crippen LogP contribution in [0.4, 0.5) is 5.82 Å². The lowest BCUT2D eigenvalue weighted by Gasteiger charge is -2.27. The molecule has 1 aromatic heterocycles. The Labute approximate surface area is 125 Å². The fourth-order valence-corrected chi connectivity index (χ4v) is 3.79. The van der Waals surface area contributed by atoms with Crippen molar-refractivity contribution in [3.63, 3.8) is 0 Å². The van der Waals surface area contributed by atoms with Gasteiger partial charge < -0.3 is 10.0 Å². The van der Waals surface area contributed by atoms with Crippen LogP contribution in [0.5, 0.6) is 0 Å². The Morgan fingerprint density at radius 3 is 2.95 bits per heavy atom. The maximum absolute atomic E-state index is 11.7. The number of fused-ring (bicyclic) bond motifs is 1. The van der Waals surface area contributed by atoms with Crippen molar-refractivity contribution in [1.29, 1.82) is 0 Å². The third-order valence-corrected chi connectivity index (χ3v) is 4.94. The van der Waals surface area contributed by atoms with Gasteiger partial charge in [0.05, 0.1) is 5.41 Å². The zero-order chi connectivity index (χ0) is 14.9. The van der Waals surface area contributed by atoms with E-state index < -0.39 is 11.4 Å². The molecule has 2 heterocycles. The van der Waals surface area contributed by atoms with Gasteiger partial charge in [-0.2, -0.15) is 0 Å². The molecule has 0 saturated carbocycles. The molecule has 1 aliphatic carbocycles. The number of rotatable bonds is 4. The monoisotopic (exact) mass is 289 g/mol. The number of anilines is 1. The molecule has 5 heteroatoms. The van der Waals surface area contributed by atoms with Crippen molar-refractivity contribution in [1.82, 2.24) is 9.97 Å². The molecule has 1 unspecified atom stereocenters. The van der Waals surface area contributed by atoms with Crippen LogP contribution >= 0.6 is 0 Å². The molecular weight excluding hydrogens is 266 g/mol. The molecule has 1 saturated heterocycles. The predicted molar refractivity (Wildman–Crippen MR) is 80.5 cm³/mol. The lowest BCUT2D eigenvalue weighted by molar-refractivity contribution is -0.148. The summed E-state index contributed by atoms with van der Waals surface area (Å²) in [5.74, 6) is 0.328. The molecule has 5 nitrogen and oxygen atoms in total. The van der Waals surface area contributed by atoms with Crippen molar-refractivity contribution in [2.75, 3.05) is 18.0 Å². The Morgan fingerprint density at radius 2 is 2.19 bits per heavy atom. The fourth-order valence-electron chi connectivity index (χ4n) is 3.79. The van der Waals surface area contributed by atoms with Gasteiger partial charge in [0, 0.05) is 24.3 Å². The standard InChI is InChI=1S/C16H23N3O2/c1-2-7-16(15(20)21)8-9-19(10-16)14-12-5-3-4-6-13(12)17-11-18-14/h11H,2-10H2,1H3,(H,20,21). The van der Waals surface area contributed by atoms with E-state index in [0.717, 1.165) is 50.2 Å². The predicted octanol–water partition coefficient (Wildman–Crippen LogP) is 2.44. The van der Waals surface area contributed by atoms with Crippen molar-refractivity contribution in [2.45, 2.75) is 51.9 Å². The number of carboxylic acids is 1. The molecule has 0 aromatic carbocycles. The summed E-state index contributed by atoms with van der Waals surface area (Å²) in [4.78, 5) is 22.8. The lowest BCUT2D eigenvalue weighted by Crippen LogP contribution is -2.35. The molecule has 1 aliphatic heterocycles. The van der Waals surface area contributed by atoms with Crippen LogP contribution in [0.15, 0.2) is 6.33 Å². The van der Waals surface area contributed by atoms with E-state index in [1.807, 2.05) is 0 Å². The minimum absolute atomic E-state index is 0.583. The zero-order valence-electron chi connectivity index (χ0n) is 12.6. The smallest absolute Gasteiger partial charge is 0.311 e. The normalized spacial score (nSPS) is 24.9. The first kappa shape index (κ1) is 14.3. The van der Waals surface area contributed by atoms with Crippen molar-refractivity contribution in [2.24, 2.45) is 5.41 Å². The zero-order valence-corrected chi connectivity index (χ0v) is 12.6. The Morgan fingerprint density at radius 1 is 1.38 bits per heavy atom. The highest BCUT2D eigenvalue weighted by atomic mass is 16.4. The van der Waals surface area contributed by atoms with E-state index in [4.69, 9.17) is 0 Å². The summed E-state index contributed by atoms with van der Waals surface area (Å²) in [5.41, 5.74) is 1.82. The summed E-state index contributed by atoms with van der Waals surface area (Å²) in [5, 5.41) is 9.64. The second-order valence-corrected chi connectivity index (χ2v) is 6.34. The number of carboxylic acid groups (broad SMARTS) is 1. The van der Waals surface area contributed by atoms with Crippen molar-refractivity contribution in [3.8, 4) is 0 Å². The number of aliphatic carboxylic acids is 1. The van der Waals surface area contributed by atoms with Gasteiger partial charge in [0.2, 0.25) is 0 Å². The molecule has 0 bridgehead atoms. The van der Waals surface area contributed by atoms with Crippen LogP contribution in [-0.4, -0.2) is 34.1 Å². The molecule has 2 aliphatic rings. The van der Waals surface area contributed by atoms with Gasteiger partial charge in [-0.25, -0.2) is 9.97 Å². The summed E-state index contributed by atoms with van der Waals surface area (Å²) in [6.07, 6.45) is 8.43. The molecule has 0 amide bonds. The summed E-state index contributed by atoms with van der Waals surface area (Å²) >= 11 is 0. The second-order valence-electron chi connectivity index (χ2n) is 6.34. The van der Waals surface area contributed by atoms with Crippen LogP contribution in [0.3, 0.4) is 0 Å². The van der Waals surface area contributed by atoms with E-state index in [9.17, 15) is 9.90 Å². The molecule has 1 N–H and O–H groups in total. The van der Waals surface area contributed by atoms with Gasteiger partial charge in [-0.3, -0.25) is 4.79 Å². The van der Waals surface area contributed by atoms with E-state index in [1.54, 1.807) is 6.33 Å². The molecular formula is C16H23N3O2. The van der Waals surface area contributed by atoms with Crippen molar-refractivity contribution >= 4 is 11.8 Å². The fraction of sp³-hybridized carbons (Fsp3) is 0.688. The van der Waals surface area contributed by atoms with E-state index in [1.165, 1.54) is 18.4 Å². The lowest BCUT2D eigenvalue weighted by atomic mass is 9.83. The second kappa shape index (κ2) is 5.62. The summed E-state index contributed by atoms with van der Waals surface area (Å²) in [6.45, 7) is 3.43. The molecule has 1 aromatic rings. The van der Waals surface area contributed by atoms with Crippen LogP contribution < -0.4 is 4.90 Å². The maximum atomic E-state index is 11.7. The number of carbonyl (C=O) groups is 1. The molecule has 21 heavy (non-hydrogen) atoms. The minimum atomic E-state index is -0.658. The molecule has 114 valence electrons. The van der Waals surface area contributed by atoms with E-state index >= 15 is 0 Å². The highest BCUT2D eigenvalue weighted by Gasteiger charge is 2.44. The first-order valence-corrected chi connectivity index (χ1v) is 7.97. The largest absolute Gasteiger partial charge is 0.481 e. The van der Waals surface area contributed by atoms with Gasteiger partial charge in [-0.1, -0.05) is 13.3 Å². The summed E-state index contributed by atoms with van der Waals surface area (Å²) in [7, 11) is 0. The van der Waals surface area contributed by atoms with Gasteiger partial charge >= 0.3 is 5.97 Å². The highest BCUT2D eigenvalue weighted by Crippen LogP contribution is 2.39. The van der Waals surface area contributed by atoms with E-state index in [0.29, 0.717) is 6.54 Å². The third-order valence-electron chi connectivity index (χ3n) is 4.94. The molecule has 1 atom stereocenters. The molecule has 1 fully saturated rings. The summed E-state index contributed by atoms with van der Waals surface area (Å²) < 4.78 is 0. The van der Waals surface area contributed by atoms with E-state index in [-0.39, 0.29) is 0 Å².